The van der Waals surface area contributed by atoms with Gasteiger partial charge in [0.2, 0.25) is 0 Å². The van der Waals surface area contributed by atoms with E-state index in [0.717, 1.165) is 0 Å². The first-order chi connectivity index (χ1) is 5.02. The van der Waals surface area contributed by atoms with E-state index in [4.69, 9.17) is 46.4 Å². The van der Waals surface area contributed by atoms with Gasteiger partial charge in [-0.25, -0.2) is 0 Å². The summed E-state index contributed by atoms with van der Waals surface area (Å²) in [5, 5.41) is 1.32. The highest BCUT2D eigenvalue weighted by Crippen LogP contribution is 2.05. The van der Waals surface area contributed by atoms with Gasteiger partial charge in [-0.05, 0) is 6.92 Å². The van der Waals surface area contributed by atoms with Crippen LogP contribution in [0, 0.1) is 0 Å². The molecule has 0 saturated heterocycles. The summed E-state index contributed by atoms with van der Waals surface area (Å²) in [6.45, 7) is 2.05. The van der Waals surface area contributed by atoms with Crippen LogP contribution in [-0.2, 0) is 0 Å². The van der Waals surface area contributed by atoms with Crippen LogP contribution in [-0.4, -0.2) is 28.0 Å². The van der Waals surface area contributed by atoms with E-state index < -0.39 is 19.0 Å². The van der Waals surface area contributed by atoms with E-state index >= 15 is 0 Å². The largest absolute Gasteiger partial charge is 0.110 e. The van der Waals surface area contributed by atoms with Gasteiger partial charge < -0.3 is 0 Å². The third-order valence-corrected chi connectivity index (χ3v) is 6.22. The molecule has 0 fully saturated rings. The van der Waals surface area contributed by atoms with E-state index in [-0.39, 0.29) is 8.92 Å². The summed E-state index contributed by atoms with van der Waals surface area (Å²) in [5.41, 5.74) is 2.15. The normalized spacial score (nSPS) is 15.4. The topological polar surface area (TPSA) is 0 Å². The summed E-state index contributed by atoms with van der Waals surface area (Å²) in [6.07, 6.45) is 0. The third-order valence-electron chi connectivity index (χ3n) is 1.12. The van der Waals surface area contributed by atoms with Crippen molar-refractivity contribution in [3.05, 3.63) is 10.9 Å². The van der Waals surface area contributed by atoms with Gasteiger partial charge in [-0.2, -0.15) is 0 Å². The molecule has 0 radical (unpaired) electrons. The summed E-state index contributed by atoms with van der Waals surface area (Å²) in [5.74, 6) is 0. The van der Waals surface area contributed by atoms with Gasteiger partial charge >= 0.3 is 0 Å². The van der Waals surface area contributed by atoms with E-state index in [1.165, 1.54) is 5.20 Å². The van der Waals surface area contributed by atoms with Crippen molar-refractivity contribution in [1.29, 1.82) is 0 Å². The number of halogens is 4. The minimum Gasteiger partial charge on any atom is -0.110 e. The number of rotatable bonds is 4. The predicted octanol–water partition coefficient (Wildman–Crippen LogP) is 1.71. The summed E-state index contributed by atoms with van der Waals surface area (Å²) < 4.78 is -0.354. The lowest BCUT2D eigenvalue weighted by Gasteiger charge is -2.00. The Bertz CT molecular complexity index is 134. The molecule has 0 aliphatic carbocycles. The van der Waals surface area contributed by atoms with E-state index in [0.29, 0.717) is 0 Å². The molecule has 0 atom stereocenters. The second kappa shape index (κ2) is 6.81. The number of hydrogen-bond acceptors (Lipinski definition) is 0. The molecule has 6 heteroatoms. The van der Waals surface area contributed by atoms with E-state index in [2.05, 4.69) is 5.70 Å². The average molecular weight is 268 g/mol. The molecule has 0 aromatic carbocycles. The highest BCUT2D eigenvalue weighted by atomic mass is 35.5. The Morgan fingerprint density at radius 2 is 1.73 bits per heavy atom. The zero-order valence-electron chi connectivity index (χ0n) is 6.16. The summed E-state index contributed by atoms with van der Waals surface area (Å²) in [6, 6.07) is 0. The molecule has 0 bridgehead atoms. The maximum absolute atomic E-state index is 5.62. The molecule has 0 rings (SSSR count). The van der Waals surface area contributed by atoms with E-state index in [9.17, 15) is 0 Å². The highest BCUT2D eigenvalue weighted by Gasteiger charge is 2.02. The molecule has 0 aromatic rings. The summed E-state index contributed by atoms with van der Waals surface area (Å²) in [4.78, 5) is 0. The van der Waals surface area contributed by atoms with Gasteiger partial charge in [0.05, 0.1) is 28.0 Å². The van der Waals surface area contributed by atoms with Crippen LogP contribution >= 0.6 is 46.4 Å². The smallest absolute Gasteiger partial charge is 0.0952 e. The Morgan fingerprint density at radius 1 is 1.18 bits per heavy atom. The van der Waals surface area contributed by atoms with Crippen LogP contribution < -0.4 is 0 Å². The zero-order valence-corrected chi connectivity index (χ0v) is 12.0. The SMILES string of the molecule is CC(=C[SiH2]C(Cl)Cl)[SiH2]C(Cl)Cl. The van der Waals surface area contributed by atoms with Crippen molar-refractivity contribution in [2.75, 3.05) is 0 Å². The predicted molar refractivity (Wildman–Crippen MR) is 61.8 cm³/mol. The van der Waals surface area contributed by atoms with Crippen molar-refractivity contribution in [3.8, 4) is 0 Å². The molecule has 0 nitrogen and oxygen atoms in total. The maximum atomic E-state index is 5.62. The molecule has 0 heterocycles. The molecule has 0 saturated carbocycles. The van der Waals surface area contributed by atoms with Crippen molar-refractivity contribution < 1.29 is 0 Å². The molecule has 0 N–H and O–H groups in total. The van der Waals surface area contributed by atoms with Crippen molar-refractivity contribution >= 4 is 65.4 Å². The number of allylic oxidation sites excluding steroid dienone is 1. The Kier molecular flexibility index (Phi) is 7.63. The molecule has 0 aliphatic heterocycles. The van der Waals surface area contributed by atoms with Gasteiger partial charge in [0.1, 0.15) is 0 Å². The summed E-state index contributed by atoms with van der Waals surface area (Å²) in [7, 11) is -0.921. The van der Waals surface area contributed by atoms with Gasteiger partial charge in [0.25, 0.3) is 0 Å². The Balaban J connectivity index is 3.63. The minimum atomic E-state index is -0.463. The van der Waals surface area contributed by atoms with Crippen molar-refractivity contribution in [3.63, 3.8) is 0 Å². The number of hydrogen-bond donors (Lipinski definition) is 0. The lowest BCUT2D eigenvalue weighted by atomic mass is 10.7. The fourth-order valence-electron chi connectivity index (χ4n) is 0.617. The quantitative estimate of drug-likeness (QED) is 0.538. The molecule has 0 aromatic heterocycles. The van der Waals surface area contributed by atoms with Crippen LogP contribution in [0.3, 0.4) is 0 Å². The first-order valence-electron chi connectivity index (χ1n) is 3.24. The van der Waals surface area contributed by atoms with Crippen molar-refractivity contribution in [1.82, 2.24) is 0 Å². The second-order valence-electron chi connectivity index (χ2n) is 2.27. The zero-order chi connectivity index (χ0) is 8.85. The standard InChI is InChI=1S/C5H10Cl4Si2/c1-3(11-5(8)9)2-10-4(6)7/h2,4-5H,10-11H2,1H3. The fraction of sp³-hybridized carbons (Fsp3) is 0.600. The van der Waals surface area contributed by atoms with Crippen LogP contribution in [0.1, 0.15) is 6.92 Å². The first kappa shape index (κ1) is 12.3. The number of alkyl halides is 4. The van der Waals surface area contributed by atoms with Gasteiger partial charge in [-0.15, -0.1) is 52.1 Å². The van der Waals surface area contributed by atoms with E-state index in [1.807, 2.05) is 6.92 Å². The van der Waals surface area contributed by atoms with Gasteiger partial charge in [-0.1, -0.05) is 5.20 Å². The lowest BCUT2D eigenvalue weighted by molar-refractivity contribution is 1.63. The monoisotopic (exact) mass is 266 g/mol. The molecule has 0 aliphatic rings. The molecular formula is C5H10Cl4Si2. The molecule has 11 heavy (non-hydrogen) atoms. The molecular weight excluding hydrogens is 258 g/mol. The molecule has 66 valence electrons. The van der Waals surface area contributed by atoms with Crippen molar-refractivity contribution in [2.24, 2.45) is 0 Å². The van der Waals surface area contributed by atoms with Crippen LogP contribution in [0.5, 0.6) is 0 Å². The second-order valence-corrected chi connectivity index (χ2v) is 10.9. The third kappa shape index (κ3) is 9.25. The van der Waals surface area contributed by atoms with Gasteiger partial charge in [-0.3, -0.25) is 0 Å². The summed E-state index contributed by atoms with van der Waals surface area (Å²) >= 11 is 22.4. The molecule has 0 spiro atoms. The maximum Gasteiger partial charge on any atom is 0.0952 e. The van der Waals surface area contributed by atoms with Crippen LogP contribution in [0.25, 0.3) is 0 Å². The fourth-order valence-corrected chi connectivity index (χ4v) is 4.85. The van der Waals surface area contributed by atoms with Crippen molar-refractivity contribution in [2.45, 2.75) is 15.8 Å². The Labute approximate surface area is 91.9 Å². The molecule has 0 unspecified atom stereocenters. The van der Waals surface area contributed by atoms with Crippen LogP contribution in [0.4, 0.5) is 0 Å². The molecule has 0 amide bonds. The minimum absolute atomic E-state index is 0.177. The van der Waals surface area contributed by atoms with Crippen LogP contribution in [0.2, 0.25) is 0 Å². The highest BCUT2D eigenvalue weighted by molar-refractivity contribution is 6.75. The average Bonchev–Trinajstić information content (AvgIpc) is 1.82. The van der Waals surface area contributed by atoms with Gasteiger partial charge in [0, 0.05) is 0 Å². The van der Waals surface area contributed by atoms with Crippen LogP contribution in [0.15, 0.2) is 10.9 Å². The Morgan fingerprint density at radius 3 is 2.09 bits per heavy atom. The first-order valence-corrected chi connectivity index (χ1v) is 8.14. The Hall–Kier alpha value is 1.33. The lowest BCUT2D eigenvalue weighted by Crippen LogP contribution is -2.06. The van der Waals surface area contributed by atoms with E-state index in [1.54, 1.807) is 0 Å². The van der Waals surface area contributed by atoms with Gasteiger partial charge in [0.15, 0.2) is 0 Å².